The topological polar surface area (TPSA) is 67.2 Å². The molecule has 2 rings (SSSR count). The molecule has 1 aromatic rings. The average Bonchev–Trinajstić information content (AvgIpc) is 2.87. The van der Waals surface area contributed by atoms with Crippen molar-refractivity contribution in [3.63, 3.8) is 0 Å². The molecule has 1 amide bonds. The molecule has 2 heterocycles. The molecule has 0 saturated carbocycles. The molecule has 1 saturated heterocycles. The minimum Gasteiger partial charge on any atom is -0.361 e. The van der Waals surface area contributed by atoms with Crippen LogP contribution in [0.1, 0.15) is 23.4 Å². The minimum absolute atomic E-state index is 0. The molecular weight excluding hydrogens is 242 g/mol. The monoisotopic (exact) mass is 259 g/mol. The summed E-state index contributed by atoms with van der Waals surface area (Å²) >= 11 is 0. The molecule has 1 aliphatic rings. The number of aromatic nitrogens is 1. The second kappa shape index (κ2) is 6.02. The molecule has 6 heteroatoms. The highest BCUT2D eigenvalue weighted by atomic mass is 35.5. The van der Waals surface area contributed by atoms with Crippen molar-refractivity contribution >= 4 is 18.3 Å². The van der Waals surface area contributed by atoms with E-state index in [4.69, 9.17) is 4.52 Å². The first-order chi connectivity index (χ1) is 7.68. The molecule has 0 aliphatic carbocycles. The number of amides is 1. The lowest BCUT2D eigenvalue weighted by atomic mass is 10.1. The number of carbonyl (C=O) groups excluding carboxylic acids is 1. The van der Waals surface area contributed by atoms with Gasteiger partial charge in [-0.15, -0.1) is 12.4 Å². The number of hydrogen-bond donors (Lipinski definition) is 2. The summed E-state index contributed by atoms with van der Waals surface area (Å²) in [5.41, 5.74) is 1.83. The molecule has 1 fully saturated rings. The van der Waals surface area contributed by atoms with Crippen molar-refractivity contribution < 1.29 is 9.32 Å². The Morgan fingerprint density at radius 3 is 2.88 bits per heavy atom. The van der Waals surface area contributed by atoms with E-state index in [0.29, 0.717) is 6.54 Å². The van der Waals surface area contributed by atoms with E-state index < -0.39 is 0 Å². The molecule has 0 bridgehead atoms. The first-order valence-corrected chi connectivity index (χ1v) is 5.58. The number of nitrogens with one attached hydrogen (secondary N) is 2. The number of halogens is 1. The molecule has 17 heavy (non-hydrogen) atoms. The third-order valence-electron chi connectivity index (χ3n) is 3.05. The van der Waals surface area contributed by atoms with Gasteiger partial charge in [0.1, 0.15) is 5.76 Å². The second-order valence-electron chi connectivity index (χ2n) is 4.21. The van der Waals surface area contributed by atoms with Crippen LogP contribution in [-0.4, -0.2) is 24.2 Å². The van der Waals surface area contributed by atoms with Crippen molar-refractivity contribution in [3.8, 4) is 0 Å². The van der Waals surface area contributed by atoms with Crippen LogP contribution in [-0.2, 0) is 11.3 Å². The fourth-order valence-electron chi connectivity index (χ4n) is 1.95. The molecule has 96 valence electrons. The van der Waals surface area contributed by atoms with Gasteiger partial charge < -0.3 is 15.2 Å². The largest absolute Gasteiger partial charge is 0.361 e. The summed E-state index contributed by atoms with van der Waals surface area (Å²) in [5.74, 6) is 1.01. The Morgan fingerprint density at radius 2 is 2.35 bits per heavy atom. The van der Waals surface area contributed by atoms with Crippen LogP contribution in [0.3, 0.4) is 0 Å². The Hall–Kier alpha value is -1.07. The van der Waals surface area contributed by atoms with E-state index >= 15 is 0 Å². The summed E-state index contributed by atoms with van der Waals surface area (Å²) < 4.78 is 5.04. The normalized spacial score (nSPS) is 18.8. The van der Waals surface area contributed by atoms with Gasteiger partial charge >= 0.3 is 0 Å². The van der Waals surface area contributed by atoms with Crippen LogP contribution in [0.5, 0.6) is 0 Å². The highest BCUT2D eigenvalue weighted by molar-refractivity contribution is 5.85. The van der Waals surface area contributed by atoms with Gasteiger partial charge in [0.15, 0.2) is 0 Å². The summed E-state index contributed by atoms with van der Waals surface area (Å²) in [5, 5.41) is 9.96. The lowest BCUT2D eigenvalue weighted by Crippen LogP contribution is -2.31. The first kappa shape index (κ1) is 14.0. The fourth-order valence-corrected chi connectivity index (χ4v) is 1.95. The summed E-state index contributed by atoms with van der Waals surface area (Å²) in [6, 6.07) is 0. The number of aryl methyl sites for hydroxylation is 2. The Morgan fingerprint density at radius 1 is 1.59 bits per heavy atom. The van der Waals surface area contributed by atoms with E-state index in [-0.39, 0.29) is 24.2 Å². The van der Waals surface area contributed by atoms with Crippen molar-refractivity contribution in [1.82, 2.24) is 15.8 Å². The Labute approximate surface area is 107 Å². The van der Waals surface area contributed by atoms with Gasteiger partial charge in [-0.3, -0.25) is 4.79 Å². The van der Waals surface area contributed by atoms with Gasteiger partial charge in [-0.25, -0.2) is 0 Å². The van der Waals surface area contributed by atoms with Gasteiger partial charge in [-0.05, 0) is 26.8 Å². The molecule has 0 radical (unpaired) electrons. The van der Waals surface area contributed by atoms with Crippen LogP contribution in [0.4, 0.5) is 0 Å². The van der Waals surface area contributed by atoms with Gasteiger partial charge in [0.05, 0.1) is 11.6 Å². The zero-order valence-corrected chi connectivity index (χ0v) is 10.9. The summed E-state index contributed by atoms with van der Waals surface area (Å²) in [6.07, 6.45) is 0.924. The maximum atomic E-state index is 11.8. The van der Waals surface area contributed by atoms with Crippen LogP contribution in [0, 0.1) is 19.8 Å². The predicted molar refractivity (Wildman–Crippen MR) is 66.0 cm³/mol. The van der Waals surface area contributed by atoms with E-state index in [9.17, 15) is 4.79 Å². The van der Waals surface area contributed by atoms with Crippen LogP contribution < -0.4 is 10.6 Å². The lowest BCUT2D eigenvalue weighted by Gasteiger charge is -2.09. The molecule has 1 aliphatic heterocycles. The number of carbonyl (C=O) groups is 1. The Kier molecular flexibility index (Phi) is 4.96. The van der Waals surface area contributed by atoms with Crippen LogP contribution in [0.2, 0.25) is 0 Å². The van der Waals surface area contributed by atoms with E-state index in [1.54, 1.807) is 0 Å². The smallest absolute Gasteiger partial charge is 0.224 e. The maximum Gasteiger partial charge on any atom is 0.224 e. The van der Waals surface area contributed by atoms with Crippen molar-refractivity contribution in [2.45, 2.75) is 26.8 Å². The number of nitrogens with zero attached hydrogens (tertiary/aromatic N) is 1. The number of rotatable bonds is 3. The summed E-state index contributed by atoms with van der Waals surface area (Å²) in [6.45, 7) is 5.97. The van der Waals surface area contributed by atoms with Crippen LogP contribution in [0.15, 0.2) is 4.52 Å². The summed E-state index contributed by atoms with van der Waals surface area (Å²) in [7, 11) is 0. The lowest BCUT2D eigenvalue weighted by molar-refractivity contribution is -0.124. The van der Waals surface area contributed by atoms with Crippen molar-refractivity contribution in [2.75, 3.05) is 13.1 Å². The van der Waals surface area contributed by atoms with Crippen LogP contribution in [0.25, 0.3) is 0 Å². The van der Waals surface area contributed by atoms with E-state index in [2.05, 4.69) is 15.8 Å². The Balaban J connectivity index is 0.00000144. The van der Waals surface area contributed by atoms with Gasteiger partial charge in [0.25, 0.3) is 0 Å². The maximum absolute atomic E-state index is 11.8. The molecule has 5 nitrogen and oxygen atoms in total. The van der Waals surface area contributed by atoms with Gasteiger partial charge in [-0.1, -0.05) is 5.16 Å². The third kappa shape index (κ3) is 3.20. The molecule has 0 spiro atoms. The zero-order chi connectivity index (χ0) is 11.5. The quantitative estimate of drug-likeness (QED) is 0.848. The standard InChI is InChI=1S/C11H17N3O2.ClH/c1-7-10(8(2)16-14-7)6-13-11(15)9-3-4-12-5-9;/h9,12H,3-6H2,1-2H3,(H,13,15);1H. The predicted octanol–water partition coefficient (Wildman–Crippen LogP) is 0.939. The van der Waals surface area contributed by atoms with E-state index in [1.165, 1.54) is 0 Å². The Bertz CT molecular complexity index is 367. The van der Waals surface area contributed by atoms with Gasteiger partial charge in [-0.2, -0.15) is 0 Å². The SMILES string of the molecule is Cc1noc(C)c1CNC(=O)C1CCNC1.Cl. The fraction of sp³-hybridized carbons (Fsp3) is 0.636. The van der Waals surface area contributed by atoms with Gasteiger partial charge in [0, 0.05) is 18.7 Å². The molecule has 1 atom stereocenters. The minimum atomic E-state index is 0. The molecule has 0 aromatic carbocycles. The van der Waals surface area contributed by atoms with Crippen molar-refractivity contribution in [3.05, 3.63) is 17.0 Å². The van der Waals surface area contributed by atoms with Crippen molar-refractivity contribution in [1.29, 1.82) is 0 Å². The van der Waals surface area contributed by atoms with Crippen molar-refractivity contribution in [2.24, 2.45) is 5.92 Å². The van der Waals surface area contributed by atoms with Crippen LogP contribution >= 0.6 is 12.4 Å². The molecule has 2 N–H and O–H groups in total. The highest BCUT2D eigenvalue weighted by Crippen LogP contribution is 2.12. The van der Waals surface area contributed by atoms with E-state index in [1.807, 2.05) is 13.8 Å². The summed E-state index contributed by atoms with van der Waals surface area (Å²) in [4.78, 5) is 11.8. The average molecular weight is 260 g/mol. The second-order valence-corrected chi connectivity index (χ2v) is 4.21. The molecular formula is C11H18ClN3O2. The first-order valence-electron chi connectivity index (χ1n) is 5.58. The molecule has 1 unspecified atom stereocenters. The zero-order valence-electron chi connectivity index (χ0n) is 10.1. The molecule has 1 aromatic heterocycles. The van der Waals surface area contributed by atoms with Gasteiger partial charge in [0.2, 0.25) is 5.91 Å². The number of hydrogen-bond acceptors (Lipinski definition) is 4. The van der Waals surface area contributed by atoms with E-state index in [0.717, 1.165) is 36.5 Å². The third-order valence-corrected chi connectivity index (χ3v) is 3.05. The highest BCUT2D eigenvalue weighted by Gasteiger charge is 2.22.